The van der Waals surface area contributed by atoms with Crippen molar-refractivity contribution >= 4 is 30.1 Å². The molecule has 21 heavy (non-hydrogen) atoms. The van der Waals surface area contributed by atoms with Crippen molar-refractivity contribution in [1.82, 2.24) is 10.2 Å². The van der Waals surface area contributed by atoms with Crippen molar-refractivity contribution in [2.75, 3.05) is 19.6 Å². The van der Waals surface area contributed by atoms with Crippen molar-refractivity contribution in [3.8, 4) is 0 Å². The minimum Gasteiger partial charge on any atom is -0.341 e. The molecule has 1 aromatic rings. The van der Waals surface area contributed by atoms with Crippen LogP contribution in [0.1, 0.15) is 18.4 Å². The summed E-state index contributed by atoms with van der Waals surface area (Å²) in [6, 6.07) is 9.09. The van der Waals surface area contributed by atoms with Gasteiger partial charge in [0.2, 0.25) is 5.91 Å². The minimum atomic E-state index is 0. The number of rotatable bonds is 1. The molecule has 1 amide bonds. The first kappa shape index (κ1) is 15.2. The lowest BCUT2D eigenvalue weighted by atomic mass is 9.93. The highest BCUT2D eigenvalue weighted by Crippen LogP contribution is 2.38. The van der Waals surface area contributed by atoms with E-state index in [0.717, 1.165) is 32.5 Å². The monoisotopic (exact) mass is 324 g/mol. The third-order valence-corrected chi connectivity index (χ3v) is 6.19. The number of piperidine rings is 1. The van der Waals surface area contributed by atoms with Crippen LogP contribution < -0.4 is 5.32 Å². The molecule has 3 aliphatic rings. The van der Waals surface area contributed by atoms with E-state index in [4.69, 9.17) is 0 Å². The van der Waals surface area contributed by atoms with E-state index in [1.54, 1.807) is 11.8 Å². The largest absolute Gasteiger partial charge is 0.341 e. The van der Waals surface area contributed by atoms with Crippen LogP contribution in [0.2, 0.25) is 0 Å². The minimum absolute atomic E-state index is 0. The van der Waals surface area contributed by atoms with Crippen LogP contribution >= 0.6 is 24.2 Å². The Bertz CT molecular complexity index is 514. The number of fused-ring (bicyclic) bond motifs is 2. The Hall–Kier alpha value is -0.710. The first-order valence-corrected chi connectivity index (χ1v) is 8.46. The third kappa shape index (κ3) is 2.81. The van der Waals surface area contributed by atoms with E-state index in [1.807, 2.05) is 0 Å². The van der Waals surface area contributed by atoms with Crippen molar-refractivity contribution in [2.24, 2.45) is 5.92 Å². The molecular weight excluding hydrogens is 304 g/mol. The lowest BCUT2D eigenvalue weighted by Gasteiger charge is -2.36. The van der Waals surface area contributed by atoms with Gasteiger partial charge >= 0.3 is 0 Å². The third-order valence-electron chi connectivity index (χ3n) is 4.89. The Balaban J connectivity index is 0.00000132. The van der Waals surface area contributed by atoms with E-state index < -0.39 is 0 Å². The molecule has 2 fully saturated rings. The molecule has 4 rings (SSSR count). The molecule has 0 spiro atoms. The van der Waals surface area contributed by atoms with Gasteiger partial charge in [-0.1, -0.05) is 18.2 Å². The summed E-state index contributed by atoms with van der Waals surface area (Å²) in [6.45, 7) is 3.02. The number of carbonyl (C=O) groups excluding carboxylic acids is 1. The maximum Gasteiger partial charge on any atom is 0.236 e. The van der Waals surface area contributed by atoms with E-state index >= 15 is 0 Å². The molecule has 114 valence electrons. The first-order chi connectivity index (χ1) is 9.81. The molecule has 2 saturated heterocycles. The van der Waals surface area contributed by atoms with Gasteiger partial charge in [0.15, 0.2) is 0 Å². The standard InChI is InChI=1S/C16H20N2OS.ClH/c19-16(15-9-11-3-1-2-4-14(11)20-15)18-8-6-13-12(10-18)5-7-17-13;/h1-4,12-13,15,17H,5-10H2;1H. The topological polar surface area (TPSA) is 32.3 Å². The van der Waals surface area contributed by atoms with Gasteiger partial charge in [-0.15, -0.1) is 24.2 Å². The average molecular weight is 325 g/mol. The fraction of sp³-hybridized carbons (Fsp3) is 0.562. The summed E-state index contributed by atoms with van der Waals surface area (Å²) >= 11 is 1.76. The van der Waals surface area contributed by atoms with Crippen LogP contribution in [0.25, 0.3) is 0 Å². The van der Waals surface area contributed by atoms with Crippen LogP contribution in [0.5, 0.6) is 0 Å². The number of likely N-dealkylation sites (tertiary alicyclic amines) is 1. The van der Waals surface area contributed by atoms with Crippen molar-refractivity contribution in [2.45, 2.75) is 35.4 Å². The van der Waals surface area contributed by atoms with Gasteiger partial charge in [-0.05, 0) is 43.4 Å². The number of hydrogen-bond donors (Lipinski definition) is 1. The van der Waals surface area contributed by atoms with Gasteiger partial charge in [0, 0.05) is 24.0 Å². The van der Waals surface area contributed by atoms with Crippen LogP contribution in [0, 0.1) is 5.92 Å². The molecule has 0 aromatic heterocycles. The Morgan fingerprint density at radius 2 is 2.14 bits per heavy atom. The number of nitrogens with zero attached hydrogens (tertiary/aromatic N) is 1. The number of amides is 1. The van der Waals surface area contributed by atoms with E-state index in [0.29, 0.717) is 17.9 Å². The maximum absolute atomic E-state index is 12.7. The van der Waals surface area contributed by atoms with Gasteiger partial charge in [0.1, 0.15) is 0 Å². The molecule has 3 atom stereocenters. The predicted octanol–water partition coefficient (Wildman–Crippen LogP) is 2.34. The van der Waals surface area contributed by atoms with Gasteiger partial charge in [-0.25, -0.2) is 0 Å². The van der Waals surface area contributed by atoms with E-state index in [-0.39, 0.29) is 17.7 Å². The summed E-state index contributed by atoms with van der Waals surface area (Å²) in [7, 11) is 0. The highest BCUT2D eigenvalue weighted by Gasteiger charge is 2.38. The number of carbonyl (C=O) groups is 1. The van der Waals surface area contributed by atoms with E-state index in [9.17, 15) is 4.79 Å². The Morgan fingerprint density at radius 3 is 3.00 bits per heavy atom. The molecule has 0 saturated carbocycles. The second kappa shape index (κ2) is 6.19. The molecule has 0 bridgehead atoms. The van der Waals surface area contributed by atoms with E-state index in [2.05, 4.69) is 34.5 Å². The summed E-state index contributed by atoms with van der Waals surface area (Å²) < 4.78 is 0. The summed E-state index contributed by atoms with van der Waals surface area (Å²) in [5, 5.41) is 3.67. The van der Waals surface area contributed by atoms with E-state index in [1.165, 1.54) is 16.9 Å². The summed E-state index contributed by atoms with van der Waals surface area (Å²) in [5.41, 5.74) is 1.34. The molecule has 0 radical (unpaired) electrons. The SMILES string of the molecule is Cl.O=C(C1Cc2ccccc2S1)N1CCC2NCCC2C1. The number of benzene rings is 1. The molecule has 3 nitrogen and oxygen atoms in total. The van der Waals surface area contributed by atoms with Gasteiger partial charge in [-0.2, -0.15) is 0 Å². The van der Waals surface area contributed by atoms with Crippen LogP contribution in [0.4, 0.5) is 0 Å². The zero-order valence-corrected chi connectivity index (χ0v) is 13.6. The molecule has 3 aliphatic heterocycles. The van der Waals surface area contributed by atoms with Crippen molar-refractivity contribution in [3.05, 3.63) is 29.8 Å². The fourth-order valence-corrected chi connectivity index (χ4v) is 5.05. The number of nitrogens with one attached hydrogen (secondary N) is 1. The van der Waals surface area contributed by atoms with Crippen molar-refractivity contribution in [3.63, 3.8) is 0 Å². The molecule has 1 aromatic carbocycles. The summed E-state index contributed by atoms with van der Waals surface area (Å²) in [4.78, 5) is 16.2. The average Bonchev–Trinajstić information content (AvgIpc) is 3.11. The maximum atomic E-state index is 12.7. The molecule has 1 N–H and O–H groups in total. The highest BCUT2D eigenvalue weighted by molar-refractivity contribution is 8.01. The summed E-state index contributed by atoms with van der Waals surface area (Å²) in [5.74, 6) is 1.04. The number of halogens is 1. The number of thioether (sulfide) groups is 1. The van der Waals surface area contributed by atoms with Gasteiger partial charge < -0.3 is 10.2 Å². The summed E-state index contributed by atoms with van der Waals surface area (Å²) in [6.07, 6.45) is 3.26. The Morgan fingerprint density at radius 1 is 1.29 bits per heavy atom. The van der Waals surface area contributed by atoms with Crippen molar-refractivity contribution < 1.29 is 4.79 Å². The number of hydrogen-bond acceptors (Lipinski definition) is 3. The van der Waals surface area contributed by atoms with Crippen LogP contribution in [0.3, 0.4) is 0 Å². The molecular formula is C16H21ClN2OS. The van der Waals surface area contributed by atoms with Gasteiger partial charge in [-0.3, -0.25) is 4.79 Å². The smallest absolute Gasteiger partial charge is 0.236 e. The normalized spacial score (nSPS) is 30.5. The fourth-order valence-electron chi connectivity index (χ4n) is 3.77. The van der Waals surface area contributed by atoms with Crippen molar-refractivity contribution in [1.29, 1.82) is 0 Å². The highest BCUT2D eigenvalue weighted by atomic mass is 35.5. The van der Waals surface area contributed by atoms with Gasteiger partial charge in [0.25, 0.3) is 0 Å². The van der Waals surface area contributed by atoms with Crippen LogP contribution in [-0.2, 0) is 11.2 Å². The van der Waals surface area contributed by atoms with Crippen LogP contribution in [-0.4, -0.2) is 41.7 Å². The van der Waals surface area contributed by atoms with Crippen LogP contribution in [0.15, 0.2) is 29.2 Å². The lowest BCUT2D eigenvalue weighted by molar-refractivity contribution is -0.132. The quantitative estimate of drug-likeness (QED) is 0.860. The molecule has 3 heterocycles. The predicted molar refractivity (Wildman–Crippen MR) is 88.1 cm³/mol. The lowest BCUT2D eigenvalue weighted by Crippen LogP contribution is -2.49. The molecule has 3 unspecified atom stereocenters. The second-order valence-corrected chi connectivity index (χ2v) is 7.35. The second-order valence-electron chi connectivity index (χ2n) is 6.10. The van der Waals surface area contributed by atoms with Gasteiger partial charge in [0.05, 0.1) is 5.25 Å². The Kier molecular flexibility index (Phi) is 4.48. The molecule has 5 heteroatoms. The first-order valence-electron chi connectivity index (χ1n) is 7.58. The Labute approximate surface area is 136 Å². The molecule has 0 aliphatic carbocycles. The zero-order chi connectivity index (χ0) is 13.5. The zero-order valence-electron chi connectivity index (χ0n) is 12.0.